The van der Waals surface area contributed by atoms with Gasteiger partial charge in [-0.15, -0.1) is 0 Å². The van der Waals surface area contributed by atoms with Gasteiger partial charge in [0.1, 0.15) is 0 Å². The first-order valence-electron chi connectivity index (χ1n) is 5.26. The van der Waals surface area contributed by atoms with E-state index in [2.05, 4.69) is 48.3 Å². The topological polar surface area (TPSA) is 12.0 Å². The van der Waals surface area contributed by atoms with Crippen molar-refractivity contribution in [1.82, 2.24) is 5.32 Å². The van der Waals surface area contributed by atoms with Gasteiger partial charge >= 0.3 is 0 Å². The molecular weight excluding hydrogens is 190 g/mol. The molecule has 1 atom stereocenters. The lowest BCUT2D eigenvalue weighted by atomic mass is 10.0. The lowest BCUT2D eigenvalue weighted by Gasteiger charge is -2.15. The zero-order valence-corrected chi connectivity index (χ0v) is 9.44. The predicted octanol–water partition coefficient (Wildman–Crippen LogP) is 2.76. The second kappa shape index (κ2) is 4.85. The number of thioether (sulfide) groups is 1. The summed E-state index contributed by atoms with van der Waals surface area (Å²) in [6, 6.07) is 8.77. The van der Waals surface area contributed by atoms with E-state index in [0.717, 1.165) is 13.1 Å². The molecule has 0 saturated carbocycles. The summed E-state index contributed by atoms with van der Waals surface area (Å²) in [4.78, 5) is 0. The van der Waals surface area contributed by atoms with Crippen molar-refractivity contribution >= 4 is 11.8 Å². The number of nitrogens with one attached hydrogen (secondary N) is 1. The molecule has 1 nitrogen and oxygen atoms in total. The number of hydrogen-bond donors (Lipinski definition) is 1. The monoisotopic (exact) mass is 207 g/mol. The van der Waals surface area contributed by atoms with Crippen molar-refractivity contribution in [2.24, 2.45) is 0 Å². The molecule has 1 aliphatic heterocycles. The maximum Gasteiger partial charge on any atom is 0.0312 e. The lowest BCUT2D eigenvalue weighted by Crippen LogP contribution is -2.15. The molecule has 0 unspecified atom stereocenters. The zero-order chi connectivity index (χ0) is 9.80. The molecule has 0 radical (unpaired) electrons. The molecular formula is C12H17NS. The Morgan fingerprint density at radius 1 is 1.29 bits per heavy atom. The van der Waals surface area contributed by atoms with Crippen LogP contribution < -0.4 is 5.32 Å². The normalized spacial score (nSPS) is 23.1. The summed E-state index contributed by atoms with van der Waals surface area (Å²) in [6.45, 7) is 4.53. The average Bonchev–Trinajstić information content (AvgIpc) is 2.47. The van der Waals surface area contributed by atoms with Gasteiger partial charge in [0.25, 0.3) is 0 Å². The van der Waals surface area contributed by atoms with Crippen LogP contribution in [-0.2, 0) is 0 Å². The highest BCUT2D eigenvalue weighted by Gasteiger charge is 2.15. The van der Waals surface area contributed by atoms with Crippen LogP contribution in [0.25, 0.3) is 0 Å². The molecule has 0 bridgehead atoms. The van der Waals surface area contributed by atoms with Gasteiger partial charge in [-0.3, -0.25) is 0 Å². The van der Waals surface area contributed by atoms with Crippen molar-refractivity contribution in [2.45, 2.75) is 18.6 Å². The molecule has 1 heterocycles. The third-order valence-electron chi connectivity index (χ3n) is 2.72. The fourth-order valence-corrected chi connectivity index (χ4v) is 3.18. The molecule has 0 spiro atoms. The second-order valence-corrected chi connectivity index (χ2v) is 5.07. The first-order valence-corrected chi connectivity index (χ1v) is 6.30. The molecule has 1 aromatic rings. The van der Waals surface area contributed by atoms with Gasteiger partial charge in [-0.25, -0.2) is 0 Å². The van der Waals surface area contributed by atoms with Crippen molar-refractivity contribution < 1.29 is 0 Å². The molecule has 0 aromatic heterocycles. The van der Waals surface area contributed by atoms with Gasteiger partial charge in [0.2, 0.25) is 0 Å². The Morgan fingerprint density at radius 3 is 3.00 bits per heavy atom. The van der Waals surface area contributed by atoms with Crippen molar-refractivity contribution in [3.05, 3.63) is 35.4 Å². The van der Waals surface area contributed by atoms with E-state index < -0.39 is 0 Å². The van der Waals surface area contributed by atoms with E-state index in [1.807, 2.05) is 0 Å². The molecule has 76 valence electrons. The molecule has 1 aliphatic rings. The van der Waals surface area contributed by atoms with Gasteiger partial charge in [0.05, 0.1) is 0 Å². The molecule has 14 heavy (non-hydrogen) atoms. The Hall–Kier alpha value is -0.470. The molecule has 1 fully saturated rings. The first kappa shape index (κ1) is 10.1. The summed E-state index contributed by atoms with van der Waals surface area (Å²) >= 11 is 2.09. The van der Waals surface area contributed by atoms with Crippen LogP contribution in [0.3, 0.4) is 0 Å². The van der Waals surface area contributed by atoms with Gasteiger partial charge in [-0.05, 0) is 31.0 Å². The van der Waals surface area contributed by atoms with Crippen molar-refractivity contribution in [3.8, 4) is 0 Å². The van der Waals surface area contributed by atoms with Crippen LogP contribution in [0.5, 0.6) is 0 Å². The number of aryl methyl sites for hydroxylation is 1. The summed E-state index contributed by atoms with van der Waals surface area (Å²) in [5.74, 6) is 1.24. The van der Waals surface area contributed by atoms with Crippen molar-refractivity contribution in [2.75, 3.05) is 18.8 Å². The van der Waals surface area contributed by atoms with Gasteiger partial charge < -0.3 is 5.32 Å². The largest absolute Gasteiger partial charge is 0.316 e. The standard InChI is InChI=1S/C12H17NS/c1-10-4-2-3-5-11(10)12-6-7-13-8-9-14-12/h2-5,12-13H,6-9H2,1H3/t12-/m1/s1. The van der Waals surface area contributed by atoms with Crippen LogP contribution in [-0.4, -0.2) is 18.8 Å². The smallest absolute Gasteiger partial charge is 0.0312 e. The van der Waals surface area contributed by atoms with Crippen LogP contribution in [0.1, 0.15) is 22.8 Å². The Morgan fingerprint density at radius 2 is 2.14 bits per heavy atom. The summed E-state index contributed by atoms with van der Waals surface area (Å²) in [7, 11) is 0. The minimum atomic E-state index is 0.700. The number of benzene rings is 1. The van der Waals surface area contributed by atoms with E-state index >= 15 is 0 Å². The highest BCUT2D eigenvalue weighted by atomic mass is 32.2. The van der Waals surface area contributed by atoms with Crippen LogP contribution in [0.15, 0.2) is 24.3 Å². The summed E-state index contributed by atoms with van der Waals surface area (Å²) in [6.07, 6.45) is 1.26. The fourth-order valence-electron chi connectivity index (χ4n) is 1.91. The highest BCUT2D eigenvalue weighted by molar-refractivity contribution is 7.99. The molecule has 1 saturated heterocycles. The second-order valence-electron chi connectivity index (χ2n) is 3.75. The van der Waals surface area contributed by atoms with Crippen LogP contribution in [0, 0.1) is 6.92 Å². The van der Waals surface area contributed by atoms with Crippen LogP contribution >= 0.6 is 11.8 Å². The average molecular weight is 207 g/mol. The first-order chi connectivity index (χ1) is 6.88. The van der Waals surface area contributed by atoms with E-state index in [9.17, 15) is 0 Å². The molecule has 1 aromatic carbocycles. The SMILES string of the molecule is Cc1ccccc1[C@H]1CCNCCS1. The van der Waals surface area contributed by atoms with Crippen LogP contribution in [0.4, 0.5) is 0 Å². The van der Waals surface area contributed by atoms with Crippen LogP contribution in [0.2, 0.25) is 0 Å². The summed E-state index contributed by atoms with van der Waals surface area (Å²) in [5.41, 5.74) is 2.97. The van der Waals surface area contributed by atoms with E-state index in [4.69, 9.17) is 0 Å². The minimum Gasteiger partial charge on any atom is -0.316 e. The predicted molar refractivity (Wildman–Crippen MR) is 63.9 cm³/mol. The Labute approximate surface area is 90.3 Å². The van der Waals surface area contributed by atoms with E-state index in [1.165, 1.54) is 23.3 Å². The number of rotatable bonds is 1. The Balaban J connectivity index is 2.16. The highest BCUT2D eigenvalue weighted by Crippen LogP contribution is 2.34. The quantitative estimate of drug-likeness (QED) is 0.760. The van der Waals surface area contributed by atoms with Gasteiger partial charge in [0.15, 0.2) is 0 Å². The summed E-state index contributed by atoms with van der Waals surface area (Å²) in [5, 5.41) is 4.15. The Bertz CT molecular complexity index is 290. The van der Waals surface area contributed by atoms with E-state index in [0.29, 0.717) is 5.25 Å². The maximum absolute atomic E-state index is 3.45. The third-order valence-corrected chi connectivity index (χ3v) is 4.05. The molecule has 2 heteroatoms. The maximum atomic E-state index is 3.45. The number of hydrogen-bond acceptors (Lipinski definition) is 2. The van der Waals surface area contributed by atoms with E-state index in [-0.39, 0.29) is 0 Å². The van der Waals surface area contributed by atoms with Gasteiger partial charge in [0, 0.05) is 17.5 Å². The third kappa shape index (κ3) is 2.31. The summed E-state index contributed by atoms with van der Waals surface area (Å²) < 4.78 is 0. The van der Waals surface area contributed by atoms with Crippen molar-refractivity contribution in [1.29, 1.82) is 0 Å². The minimum absolute atomic E-state index is 0.700. The van der Waals surface area contributed by atoms with Gasteiger partial charge in [-0.1, -0.05) is 24.3 Å². The molecule has 0 amide bonds. The van der Waals surface area contributed by atoms with E-state index in [1.54, 1.807) is 0 Å². The Kier molecular flexibility index (Phi) is 3.49. The van der Waals surface area contributed by atoms with Gasteiger partial charge in [-0.2, -0.15) is 11.8 Å². The fraction of sp³-hybridized carbons (Fsp3) is 0.500. The molecule has 2 rings (SSSR count). The van der Waals surface area contributed by atoms with Crippen molar-refractivity contribution in [3.63, 3.8) is 0 Å². The zero-order valence-electron chi connectivity index (χ0n) is 8.62. The molecule has 1 N–H and O–H groups in total. The lowest BCUT2D eigenvalue weighted by molar-refractivity contribution is 0.686. The molecule has 0 aliphatic carbocycles.